The summed E-state index contributed by atoms with van der Waals surface area (Å²) in [5.41, 5.74) is 6.42. The summed E-state index contributed by atoms with van der Waals surface area (Å²) in [6.07, 6.45) is 0.0898. The van der Waals surface area contributed by atoms with Crippen molar-refractivity contribution in [2.45, 2.75) is 31.7 Å². The van der Waals surface area contributed by atoms with Gasteiger partial charge in [0.15, 0.2) is 6.04 Å². The molecule has 1 aromatic rings. The molecule has 0 unspecified atom stereocenters. The number of carbonyl (C=O) groups is 3. The monoisotopic (exact) mass is 424 g/mol. The van der Waals surface area contributed by atoms with E-state index in [1.165, 1.54) is 4.90 Å². The summed E-state index contributed by atoms with van der Waals surface area (Å²) >= 11 is 0. The van der Waals surface area contributed by atoms with E-state index >= 15 is 0 Å². The Bertz CT molecular complexity index is 771. The minimum absolute atomic E-state index is 0.0136. The smallest absolute Gasteiger partial charge is 0.253 e. The van der Waals surface area contributed by atoms with Gasteiger partial charge in [-0.1, -0.05) is 6.42 Å². The van der Waals surface area contributed by atoms with Crippen LogP contribution in [0.1, 0.15) is 19.3 Å². The molecule has 1 heterocycles. The van der Waals surface area contributed by atoms with Crippen LogP contribution in [0.3, 0.4) is 0 Å². The van der Waals surface area contributed by atoms with Gasteiger partial charge < -0.3 is 20.7 Å². The van der Waals surface area contributed by atoms with Gasteiger partial charge in [0.05, 0.1) is 13.2 Å². The molecule has 30 heavy (non-hydrogen) atoms. The van der Waals surface area contributed by atoms with Gasteiger partial charge in [-0.05, 0) is 43.0 Å². The molecule has 10 heteroatoms. The summed E-state index contributed by atoms with van der Waals surface area (Å²) in [6, 6.07) is 4.99. The molecule has 1 aromatic carbocycles. The van der Waals surface area contributed by atoms with E-state index in [-0.39, 0.29) is 25.0 Å². The number of hydrogen-bond acceptors (Lipinski definition) is 5. The van der Waals surface area contributed by atoms with Gasteiger partial charge in [0, 0.05) is 24.5 Å². The molecule has 1 aliphatic heterocycles. The fraction of sp³-hybridized carbons (Fsp3) is 0.550. The molecule has 0 bridgehead atoms. The Morgan fingerprint density at radius 3 is 2.50 bits per heavy atom. The van der Waals surface area contributed by atoms with Crippen molar-refractivity contribution in [3.05, 3.63) is 24.3 Å². The zero-order valence-electron chi connectivity index (χ0n) is 16.6. The topological polar surface area (TPSA) is 105 Å². The van der Waals surface area contributed by atoms with E-state index in [0.29, 0.717) is 24.5 Å². The van der Waals surface area contributed by atoms with Crippen molar-refractivity contribution in [1.82, 2.24) is 4.90 Å². The minimum Gasteiger partial charge on any atom is -0.370 e. The van der Waals surface area contributed by atoms with Crippen LogP contribution in [0.25, 0.3) is 0 Å². The molecule has 1 atom stereocenters. The van der Waals surface area contributed by atoms with E-state index in [9.17, 15) is 23.2 Å². The van der Waals surface area contributed by atoms with Crippen LogP contribution in [0.5, 0.6) is 0 Å². The number of nitrogens with one attached hydrogen (secondary N) is 1. The zero-order valence-corrected chi connectivity index (χ0v) is 16.6. The van der Waals surface area contributed by atoms with E-state index in [1.54, 1.807) is 29.2 Å². The lowest BCUT2D eigenvalue weighted by atomic mass is 9.85. The number of anilines is 2. The van der Waals surface area contributed by atoms with Gasteiger partial charge in [-0.2, -0.15) is 0 Å². The highest BCUT2D eigenvalue weighted by molar-refractivity contribution is 6.09. The maximum atomic E-state index is 13.1. The third-order valence-corrected chi connectivity index (χ3v) is 5.41. The van der Waals surface area contributed by atoms with E-state index in [0.717, 1.165) is 19.3 Å². The molecule has 1 saturated heterocycles. The van der Waals surface area contributed by atoms with Crippen LogP contribution in [0.15, 0.2) is 24.3 Å². The maximum absolute atomic E-state index is 13.1. The number of ether oxygens (including phenoxy) is 1. The molecule has 1 saturated carbocycles. The lowest BCUT2D eigenvalue weighted by Gasteiger charge is -2.35. The summed E-state index contributed by atoms with van der Waals surface area (Å²) in [7, 11) is 0. The molecule has 1 aliphatic carbocycles. The lowest BCUT2D eigenvalue weighted by Crippen LogP contribution is -2.55. The Balaban J connectivity index is 1.68. The summed E-state index contributed by atoms with van der Waals surface area (Å²) in [6.45, 7) is 0.405. The number of alkyl halides is 2. The predicted molar refractivity (Wildman–Crippen MR) is 106 cm³/mol. The van der Waals surface area contributed by atoms with Gasteiger partial charge in [-0.15, -0.1) is 0 Å². The maximum Gasteiger partial charge on any atom is 0.253 e. The van der Waals surface area contributed by atoms with Crippen LogP contribution in [0.2, 0.25) is 0 Å². The number of benzene rings is 1. The van der Waals surface area contributed by atoms with Crippen LogP contribution in [0.4, 0.5) is 20.2 Å². The van der Waals surface area contributed by atoms with Crippen molar-refractivity contribution >= 4 is 29.1 Å². The zero-order chi connectivity index (χ0) is 21.7. The average molecular weight is 424 g/mol. The van der Waals surface area contributed by atoms with Crippen molar-refractivity contribution in [3.63, 3.8) is 0 Å². The molecule has 3 amide bonds. The highest BCUT2D eigenvalue weighted by Crippen LogP contribution is 2.28. The van der Waals surface area contributed by atoms with Crippen molar-refractivity contribution in [3.8, 4) is 0 Å². The average Bonchev–Trinajstić information content (AvgIpc) is 2.65. The number of rotatable bonds is 9. The van der Waals surface area contributed by atoms with Crippen molar-refractivity contribution in [2.75, 3.05) is 43.1 Å². The highest BCUT2D eigenvalue weighted by atomic mass is 19.3. The highest BCUT2D eigenvalue weighted by Gasteiger charge is 2.35. The lowest BCUT2D eigenvalue weighted by molar-refractivity contribution is -0.134. The van der Waals surface area contributed by atoms with Gasteiger partial charge in [0.25, 0.3) is 18.2 Å². The first-order chi connectivity index (χ1) is 14.3. The number of amides is 3. The number of halogens is 2. The molecular weight excluding hydrogens is 398 g/mol. The Morgan fingerprint density at radius 1 is 1.27 bits per heavy atom. The quantitative estimate of drug-likeness (QED) is 0.580. The van der Waals surface area contributed by atoms with E-state index in [2.05, 4.69) is 5.32 Å². The number of nitrogens with zero attached hydrogens (tertiary/aromatic N) is 2. The molecule has 8 nitrogen and oxygen atoms in total. The summed E-state index contributed by atoms with van der Waals surface area (Å²) in [5.74, 6) is -1.70. The fourth-order valence-corrected chi connectivity index (χ4v) is 3.67. The molecule has 3 N–H and O–H groups in total. The van der Waals surface area contributed by atoms with E-state index < -0.39 is 30.8 Å². The van der Waals surface area contributed by atoms with E-state index in [1.807, 2.05) is 0 Å². The normalized spacial score (nSPS) is 18.4. The number of hydrogen-bond donors (Lipinski definition) is 2. The van der Waals surface area contributed by atoms with Crippen LogP contribution < -0.4 is 16.0 Å². The number of carbonyl (C=O) groups excluding carboxylic acids is 3. The first kappa shape index (κ1) is 22.1. The molecule has 3 rings (SSSR count). The SMILES string of the molecule is NC(=O)[C@@H](C(=O)Nc1ccc(N2CCOCC2=O)cc1)N(CC(F)F)CC1CCC1. The van der Waals surface area contributed by atoms with Crippen molar-refractivity contribution in [2.24, 2.45) is 11.7 Å². The fourth-order valence-electron chi connectivity index (χ4n) is 3.67. The van der Waals surface area contributed by atoms with Crippen molar-refractivity contribution < 1.29 is 27.9 Å². The molecule has 2 aliphatic rings. The van der Waals surface area contributed by atoms with Crippen LogP contribution in [-0.4, -0.2) is 67.9 Å². The van der Waals surface area contributed by atoms with Gasteiger partial charge in [-0.25, -0.2) is 8.78 Å². The Kier molecular flexibility index (Phi) is 7.33. The van der Waals surface area contributed by atoms with Crippen LogP contribution in [-0.2, 0) is 19.1 Å². The van der Waals surface area contributed by atoms with Crippen molar-refractivity contribution in [1.29, 1.82) is 0 Å². The second-order valence-corrected chi connectivity index (χ2v) is 7.58. The summed E-state index contributed by atoms with van der Waals surface area (Å²) < 4.78 is 31.2. The summed E-state index contributed by atoms with van der Waals surface area (Å²) in [4.78, 5) is 39.3. The first-order valence-corrected chi connectivity index (χ1v) is 9.95. The van der Waals surface area contributed by atoms with Gasteiger partial charge in [-0.3, -0.25) is 19.3 Å². The molecule has 0 aromatic heterocycles. The van der Waals surface area contributed by atoms with Gasteiger partial charge in [0.2, 0.25) is 5.91 Å². The first-order valence-electron chi connectivity index (χ1n) is 9.95. The minimum atomic E-state index is -2.69. The number of primary amides is 1. The van der Waals surface area contributed by atoms with Crippen LogP contribution in [0, 0.1) is 5.92 Å². The van der Waals surface area contributed by atoms with Crippen LogP contribution >= 0.6 is 0 Å². The Labute approximate surface area is 173 Å². The third-order valence-electron chi connectivity index (χ3n) is 5.41. The summed E-state index contributed by atoms with van der Waals surface area (Å²) in [5, 5.41) is 2.57. The Morgan fingerprint density at radius 2 is 1.97 bits per heavy atom. The molecule has 164 valence electrons. The van der Waals surface area contributed by atoms with Gasteiger partial charge in [0.1, 0.15) is 6.61 Å². The predicted octanol–water partition coefficient (Wildman–Crippen LogP) is 1.21. The van der Waals surface area contributed by atoms with Gasteiger partial charge >= 0.3 is 0 Å². The molecular formula is C20H26F2N4O4. The number of morpholine rings is 1. The van der Waals surface area contributed by atoms with E-state index in [4.69, 9.17) is 10.5 Å². The molecule has 0 radical (unpaired) electrons. The standard InChI is InChI=1S/C20H26F2N4O4/c21-16(22)11-25(10-13-2-1-3-13)18(19(23)28)20(29)24-14-4-6-15(7-5-14)26-8-9-30-12-17(26)27/h4-7,13,16,18H,1-3,8-12H2,(H2,23,28)(H,24,29)/t18-/m0/s1. The second-order valence-electron chi connectivity index (χ2n) is 7.58. The molecule has 2 fully saturated rings. The number of nitrogens with two attached hydrogens (primary N) is 1. The Hall–Kier alpha value is -2.59. The third kappa shape index (κ3) is 5.51. The second kappa shape index (κ2) is 9.94. The largest absolute Gasteiger partial charge is 0.370 e. The molecule has 0 spiro atoms.